The van der Waals surface area contributed by atoms with Gasteiger partial charge in [-0.3, -0.25) is 0 Å². The fourth-order valence-electron chi connectivity index (χ4n) is 2.55. The summed E-state index contributed by atoms with van der Waals surface area (Å²) in [6.07, 6.45) is -0.130. The van der Waals surface area contributed by atoms with E-state index in [1.807, 2.05) is 38.1 Å². The SMILES string of the molecule is COCC(O)CCNC(=O)NC(C)c1oc2ccccc2c1C. The smallest absolute Gasteiger partial charge is 0.315 e. The molecule has 0 saturated carbocycles. The Balaban J connectivity index is 1.89. The number of hydrogen-bond donors (Lipinski definition) is 3. The maximum absolute atomic E-state index is 11.9. The molecule has 0 bridgehead atoms. The van der Waals surface area contributed by atoms with Crippen LogP contribution in [0.15, 0.2) is 28.7 Å². The van der Waals surface area contributed by atoms with E-state index in [4.69, 9.17) is 9.15 Å². The van der Waals surface area contributed by atoms with Crippen molar-refractivity contribution in [2.24, 2.45) is 0 Å². The summed E-state index contributed by atoms with van der Waals surface area (Å²) in [4.78, 5) is 11.9. The van der Waals surface area contributed by atoms with Gasteiger partial charge in [-0.15, -0.1) is 0 Å². The molecular weight excluding hydrogens is 296 g/mol. The molecule has 3 N–H and O–H groups in total. The number of para-hydroxylation sites is 1. The van der Waals surface area contributed by atoms with Crippen LogP contribution in [0.5, 0.6) is 0 Å². The Morgan fingerprint density at radius 1 is 1.39 bits per heavy atom. The van der Waals surface area contributed by atoms with Crippen molar-refractivity contribution in [3.8, 4) is 0 Å². The molecule has 2 amide bonds. The molecular formula is C17H24N2O4. The third-order valence-electron chi connectivity index (χ3n) is 3.74. The number of furan rings is 1. The molecule has 2 rings (SSSR count). The van der Waals surface area contributed by atoms with Gasteiger partial charge in [-0.25, -0.2) is 4.79 Å². The summed E-state index contributed by atoms with van der Waals surface area (Å²) < 4.78 is 10.7. The van der Waals surface area contributed by atoms with E-state index >= 15 is 0 Å². The third-order valence-corrected chi connectivity index (χ3v) is 3.74. The fourth-order valence-corrected chi connectivity index (χ4v) is 2.55. The Kier molecular flexibility index (Phi) is 6.01. The number of urea groups is 1. The Hall–Kier alpha value is -2.05. The zero-order valence-corrected chi connectivity index (χ0v) is 13.8. The summed E-state index contributed by atoms with van der Waals surface area (Å²) in [5, 5.41) is 16.1. The lowest BCUT2D eigenvalue weighted by Gasteiger charge is -2.14. The molecule has 6 nitrogen and oxygen atoms in total. The van der Waals surface area contributed by atoms with Crippen LogP contribution in [0.2, 0.25) is 0 Å². The highest BCUT2D eigenvalue weighted by molar-refractivity contribution is 5.82. The molecule has 2 atom stereocenters. The molecule has 23 heavy (non-hydrogen) atoms. The number of aliphatic hydroxyl groups excluding tert-OH is 1. The van der Waals surface area contributed by atoms with E-state index in [2.05, 4.69) is 10.6 Å². The van der Waals surface area contributed by atoms with Gasteiger partial charge in [0.25, 0.3) is 0 Å². The molecule has 2 unspecified atom stereocenters. The number of carbonyl (C=O) groups is 1. The number of benzene rings is 1. The minimum absolute atomic E-state index is 0.244. The van der Waals surface area contributed by atoms with Crippen molar-refractivity contribution in [2.45, 2.75) is 32.4 Å². The summed E-state index contributed by atoms with van der Waals surface area (Å²) >= 11 is 0. The largest absolute Gasteiger partial charge is 0.459 e. The van der Waals surface area contributed by atoms with E-state index in [1.54, 1.807) is 0 Å². The van der Waals surface area contributed by atoms with Gasteiger partial charge in [0, 0.05) is 24.6 Å². The minimum Gasteiger partial charge on any atom is -0.459 e. The second kappa shape index (κ2) is 7.99. The zero-order chi connectivity index (χ0) is 16.8. The predicted octanol–water partition coefficient (Wildman–Crippen LogP) is 2.50. The van der Waals surface area contributed by atoms with Gasteiger partial charge in [0.15, 0.2) is 0 Å². The first-order chi connectivity index (χ1) is 11.0. The Bertz CT molecular complexity index is 653. The van der Waals surface area contributed by atoms with Crippen LogP contribution < -0.4 is 10.6 Å². The molecule has 1 heterocycles. The molecule has 0 aliphatic carbocycles. The summed E-state index contributed by atoms with van der Waals surface area (Å²) in [6.45, 7) is 4.50. The van der Waals surface area contributed by atoms with Crippen molar-refractivity contribution in [2.75, 3.05) is 20.3 Å². The van der Waals surface area contributed by atoms with E-state index in [1.165, 1.54) is 7.11 Å². The summed E-state index contributed by atoms with van der Waals surface area (Å²) in [5.41, 5.74) is 1.85. The number of hydrogen-bond acceptors (Lipinski definition) is 4. The molecule has 126 valence electrons. The standard InChI is InChI=1S/C17H24N2O4/c1-11-14-6-4-5-7-15(14)23-16(11)12(2)19-17(21)18-9-8-13(20)10-22-3/h4-7,12-13,20H,8-10H2,1-3H3,(H2,18,19,21). The van der Waals surface area contributed by atoms with Gasteiger partial charge in [-0.05, 0) is 26.3 Å². The number of fused-ring (bicyclic) bond motifs is 1. The first-order valence-corrected chi connectivity index (χ1v) is 7.72. The van der Waals surface area contributed by atoms with E-state index in [9.17, 15) is 9.90 Å². The molecule has 2 aromatic rings. The topological polar surface area (TPSA) is 83.7 Å². The number of aryl methyl sites for hydroxylation is 1. The monoisotopic (exact) mass is 320 g/mol. The first kappa shape index (κ1) is 17.3. The van der Waals surface area contributed by atoms with Crippen molar-refractivity contribution in [3.05, 3.63) is 35.6 Å². The predicted molar refractivity (Wildman–Crippen MR) is 88.4 cm³/mol. The van der Waals surface area contributed by atoms with Crippen LogP contribution in [0.3, 0.4) is 0 Å². The van der Waals surface area contributed by atoms with Crippen LogP contribution in [-0.4, -0.2) is 37.5 Å². The van der Waals surface area contributed by atoms with Crippen LogP contribution in [-0.2, 0) is 4.74 Å². The lowest BCUT2D eigenvalue weighted by Crippen LogP contribution is -2.38. The van der Waals surface area contributed by atoms with Crippen molar-refractivity contribution in [3.63, 3.8) is 0 Å². The van der Waals surface area contributed by atoms with Crippen molar-refractivity contribution in [1.29, 1.82) is 0 Å². The van der Waals surface area contributed by atoms with Crippen LogP contribution in [0.1, 0.15) is 30.7 Å². The van der Waals surface area contributed by atoms with Gasteiger partial charge in [-0.1, -0.05) is 18.2 Å². The average Bonchev–Trinajstić information content (AvgIpc) is 2.85. The van der Waals surface area contributed by atoms with Gasteiger partial charge >= 0.3 is 6.03 Å². The zero-order valence-electron chi connectivity index (χ0n) is 13.8. The number of ether oxygens (including phenoxy) is 1. The number of aliphatic hydroxyl groups is 1. The lowest BCUT2D eigenvalue weighted by molar-refractivity contribution is 0.0598. The maximum Gasteiger partial charge on any atom is 0.315 e. The molecule has 0 radical (unpaired) electrons. The van der Waals surface area contributed by atoms with Crippen LogP contribution in [0, 0.1) is 6.92 Å². The second-order valence-corrected chi connectivity index (χ2v) is 5.61. The molecule has 0 saturated heterocycles. The normalized spacial score (nSPS) is 13.7. The molecule has 1 aromatic carbocycles. The van der Waals surface area contributed by atoms with Gasteiger partial charge in [0.1, 0.15) is 11.3 Å². The minimum atomic E-state index is -0.574. The van der Waals surface area contributed by atoms with E-state index in [0.29, 0.717) is 13.0 Å². The van der Waals surface area contributed by atoms with Gasteiger partial charge in [0.2, 0.25) is 0 Å². The summed E-state index contributed by atoms with van der Waals surface area (Å²) in [6, 6.07) is 7.27. The average molecular weight is 320 g/mol. The highest BCUT2D eigenvalue weighted by atomic mass is 16.5. The highest BCUT2D eigenvalue weighted by Crippen LogP contribution is 2.28. The number of carbonyl (C=O) groups excluding carboxylic acids is 1. The number of methoxy groups -OCH3 is 1. The van der Waals surface area contributed by atoms with Crippen LogP contribution in [0.4, 0.5) is 4.79 Å². The Labute approximate surface area is 135 Å². The van der Waals surface area contributed by atoms with E-state index < -0.39 is 6.10 Å². The van der Waals surface area contributed by atoms with E-state index in [-0.39, 0.29) is 18.7 Å². The molecule has 0 aliphatic heterocycles. The quantitative estimate of drug-likeness (QED) is 0.732. The summed E-state index contributed by atoms with van der Waals surface area (Å²) in [5.74, 6) is 0.751. The second-order valence-electron chi connectivity index (χ2n) is 5.61. The number of nitrogens with one attached hydrogen (secondary N) is 2. The molecule has 0 fully saturated rings. The molecule has 1 aromatic heterocycles. The molecule has 0 aliphatic rings. The van der Waals surface area contributed by atoms with Crippen molar-refractivity contribution >= 4 is 17.0 Å². The van der Waals surface area contributed by atoms with Gasteiger partial charge in [0.05, 0.1) is 18.8 Å². The van der Waals surface area contributed by atoms with Crippen LogP contribution >= 0.6 is 0 Å². The van der Waals surface area contributed by atoms with Gasteiger partial charge in [-0.2, -0.15) is 0 Å². The Morgan fingerprint density at radius 2 is 2.13 bits per heavy atom. The lowest BCUT2D eigenvalue weighted by atomic mass is 10.1. The van der Waals surface area contributed by atoms with Crippen LogP contribution in [0.25, 0.3) is 11.0 Å². The molecule has 0 spiro atoms. The number of rotatable bonds is 7. The fraction of sp³-hybridized carbons (Fsp3) is 0.471. The third kappa shape index (κ3) is 4.46. The highest BCUT2D eigenvalue weighted by Gasteiger charge is 2.18. The number of amides is 2. The Morgan fingerprint density at radius 3 is 2.83 bits per heavy atom. The van der Waals surface area contributed by atoms with Crippen molar-refractivity contribution in [1.82, 2.24) is 10.6 Å². The summed E-state index contributed by atoms with van der Waals surface area (Å²) in [7, 11) is 1.53. The van der Waals surface area contributed by atoms with E-state index in [0.717, 1.165) is 22.3 Å². The van der Waals surface area contributed by atoms with Gasteiger partial charge < -0.3 is 24.9 Å². The maximum atomic E-state index is 11.9. The molecule has 6 heteroatoms. The first-order valence-electron chi connectivity index (χ1n) is 7.72. The van der Waals surface area contributed by atoms with Crippen molar-refractivity contribution < 1.29 is 19.1 Å².